The van der Waals surface area contributed by atoms with Crippen molar-refractivity contribution in [2.45, 2.75) is 52.1 Å². The fraction of sp³-hybridized carbons (Fsp3) is 0.714. The lowest BCUT2D eigenvalue weighted by molar-refractivity contribution is -0.126. The highest BCUT2D eigenvalue weighted by Crippen LogP contribution is 2.16. The Bertz CT molecular complexity index is 429. The van der Waals surface area contributed by atoms with Gasteiger partial charge in [0.15, 0.2) is 0 Å². The molecule has 106 valence electrons. The third-order valence-electron chi connectivity index (χ3n) is 3.66. The fourth-order valence-electron chi connectivity index (χ4n) is 2.67. The van der Waals surface area contributed by atoms with Gasteiger partial charge in [-0.05, 0) is 46.2 Å². The molecule has 5 heteroatoms. The molecule has 0 radical (unpaired) electrons. The van der Waals surface area contributed by atoms with E-state index in [-0.39, 0.29) is 17.9 Å². The number of carbonyl (C=O) groups excluding carboxylic acids is 1. The number of carbonyl (C=O) groups is 1. The molecule has 1 aromatic heterocycles. The molecule has 0 aromatic carbocycles. The Balaban J connectivity index is 1.81. The van der Waals surface area contributed by atoms with Crippen LogP contribution in [0.3, 0.4) is 0 Å². The molecule has 0 bridgehead atoms. The lowest BCUT2D eigenvalue weighted by atomic mass is 9.92. The molecule has 0 saturated carbocycles. The van der Waals surface area contributed by atoms with Gasteiger partial charge < -0.3 is 10.6 Å². The average Bonchev–Trinajstić information content (AvgIpc) is 2.74. The molecule has 19 heavy (non-hydrogen) atoms. The van der Waals surface area contributed by atoms with Gasteiger partial charge in [-0.1, -0.05) is 0 Å². The summed E-state index contributed by atoms with van der Waals surface area (Å²) in [5.74, 6) is 0.340. The van der Waals surface area contributed by atoms with Crippen molar-refractivity contribution in [3.8, 4) is 0 Å². The number of aryl methyl sites for hydroxylation is 1. The second-order valence-electron chi connectivity index (χ2n) is 5.73. The Labute approximate surface area is 114 Å². The Morgan fingerprint density at radius 1 is 1.63 bits per heavy atom. The molecule has 1 unspecified atom stereocenters. The Morgan fingerprint density at radius 2 is 2.42 bits per heavy atom. The highest BCUT2D eigenvalue weighted by Gasteiger charge is 2.25. The number of nitrogens with zero attached hydrogens (tertiary/aromatic N) is 1. The van der Waals surface area contributed by atoms with Crippen LogP contribution in [0.1, 0.15) is 38.1 Å². The molecule has 5 nitrogen and oxygen atoms in total. The zero-order valence-electron chi connectivity index (χ0n) is 12.0. The maximum Gasteiger partial charge on any atom is 0.223 e. The van der Waals surface area contributed by atoms with Gasteiger partial charge in [-0.2, -0.15) is 5.10 Å². The average molecular weight is 264 g/mol. The largest absolute Gasteiger partial charge is 0.353 e. The molecular formula is C14H24N4O. The van der Waals surface area contributed by atoms with Gasteiger partial charge in [-0.25, -0.2) is 0 Å². The quantitative estimate of drug-likeness (QED) is 0.764. The first-order chi connectivity index (χ1) is 9.04. The molecule has 1 aliphatic heterocycles. The first-order valence-electron chi connectivity index (χ1n) is 7.09. The second-order valence-corrected chi connectivity index (χ2v) is 5.73. The summed E-state index contributed by atoms with van der Waals surface area (Å²) in [7, 11) is 0. The van der Waals surface area contributed by atoms with Crippen molar-refractivity contribution in [2.24, 2.45) is 5.92 Å². The number of hydrogen-bond donors (Lipinski definition) is 3. The molecule has 2 rings (SSSR count). The van der Waals surface area contributed by atoms with E-state index in [2.05, 4.69) is 27.8 Å². The predicted molar refractivity (Wildman–Crippen MR) is 74.8 cm³/mol. The number of aromatic nitrogens is 2. The zero-order valence-corrected chi connectivity index (χ0v) is 12.0. The number of hydrogen-bond acceptors (Lipinski definition) is 3. The zero-order chi connectivity index (χ0) is 13.8. The number of rotatable bonds is 4. The van der Waals surface area contributed by atoms with Crippen molar-refractivity contribution in [2.75, 3.05) is 6.54 Å². The van der Waals surface area contributed by atoms with Crippen molar-refractivity contribution >= 4 is 5.91 Å². The number of H-pyrrole nitrogens is 1. The molecule has 0 aliphatic carbocycles. The minimum Gasteiger partial charge on any atom is -0.353 e. The molecular weight excluding hydrogens is 240 g/mol. The molecule has 2 heterocycles. The molecule has 0 spiro atoms. The lowest BCUT2D eigenvalue weighted by Crippen LogP contribution is -2.45. The van der Waals surface area contributed by atoms with E-state index in [0.717, 1.165) is 37.2 Å². The van der Waals surface area contributed by atoms with Gasteiger partial charge in [0.25, 0.3) is 0 Å². The van der Waals surface area contributed by atoms with E-state index in [1.54, 1.807) is 0 Å². The minimum atomic E-state index is 0.125. The summed E-state index contributed by atoms with van der Waals surface area (Å²) in [6, 6.07) is 2.59. The fourth-order valence-corrected chi connectivity index (χ4v) is 2.67. The van der Waals surface area contributed by atoms with Crippen molar-refractivity contribution in [3.05, 3.63) is 17.5 Å². The molecule has 1 amide bonds. The molecule has 1 fully saturated rings. The SMILES string of the molecule is Cc1cc(CC(C)NC(=O)[C@H]2CCN[C@@H](C)C2)n[nH]1. The van der Waals surface area contributed by atoms with Crippen LogP contribution in [-0.4, -0.2) is 34.7 Å². The first-order valence-corrected chi connectivity index (χ1v) is 7.09. The second kappa shape index (κ2) is 6.19. The molecule has 3 atom stereocenters. The van der Waals surface area contributed by atoms with Gasteiger partial charge in [0, 0.05) is 30.1 Å². The van der Waals surface area contributed by atoms with Gasteiger partial charge in [0.2, 0.25) is 5.91 Å². The van der Waals surface area contributed by atoms with E-state index in [0.29, 0.717) is 6.04 Å². The maximum atomic E-state index is 12.2. The van der Waals surface area contributed by atoms with Crippen LogP contribution in [0.2, 0.25) is 0 Å². The normalized spacial score (nSPS) is 25.0. The third kappa shape index (κ3) is 4.06. The van der Waals surface area contributed by atoms with E-state index in [1.807, 2.05) is 19.9 Å². The van der Waals surface area contributed by atoms with Crippen LogP contribution < -0.4 is 10.6 Å². The van der Waals surface area contributed by atoms with Crippen LogP contribution in [0, 0.1) is 12.8 Å². The van der Waals surface area contributed by atoms with Gasteiger partial charge in [-0.15, -0.1) is 0 Å². The summed E-state index contributed by atoms with van der Waals surface area (Å²) in [6.45, 7) is 7.09. The van der Waals surface area contributed by atoms with E-state index >= 15 is 0 Å². The van der Waals surface area contributed by atoms with Crippen LogP contribution in [0.15, 0.2) is 6.07 Å². The van der Waals surface area contributed by atoms with Gasteiger partial charge in [-0.3, -0.25) is 9.89 Å². The number of amides is 1. The maximum absolute atomic E-state index is 12.2. The Kier molecular flexibility index (Phi) is 4.58. The highest BCUT2D eigenvalue weighted by atomic mass is 16.1. The van der Waals surface area contributed by atoms with Crippen LogP contribution in [-0.2, 0) is 11.2 Å². The van der Waals surface area contributed by atoms with E-state index in [1.165, 1.54) is 0 Å². The van der Waals surface area contributed by atoms with Gasteiger partial charge in [0.1, 0.15) is 0 Å². The summed E-state index contributed by atoms with van der Waals surface area (Å²) in [5.41, 5.74) is 2.06. The van der Waals surface area contributed by atoms with Crippen molar-refractivity contribution in [1.82, 2.24) is 20.8 Å². The molecule has 1 aliphatic rings. The van der Waals surface area contributed by atoms with Crippen molar-refractivity contribution < 1.29 is 4.79 Å². The van der Waals surface area contributed by atoms with E-state index in [4.69, 9.17) is 0 Å². The summed E-state index contributed by atoms with van der Waals surface area (Å²) in [5, 5.41) is 13.6. The summed E-state index contributed by atoms with van der Waals surface area (Å²) >= 11 is 0. The highest BCUT2D eigenvalue weighted by molar-refractivity contribution is 5.79. The minimum absolute atomic E-state index is 0.125. The summed E-state index contributed by atoms with van der Waals surface area (Å²) in [4.78, 5) is 12.2. The molecule has 1 aromatic rings. The smallest absolute Gasteiger partial charge is 0.223 e. The van der Waals surface area contributed by atoms with Crippen molar-refractivity contribution in [1.29, 1.82) is 0 Å². The van der Waals surface area contributed by atoms with Gasteiger partial charge >= 0.3 is 0 Å². The monoisotopic (exact) mass is 264 g/mol. The number of nitrogens with one attached hydrogen (secondary N) is 3. The standard InChI is InChI=1S/C14H24N4O/c1-9-6-12(4-5-15-9)14(19)16-10(2)7-13-8-11(3)17-18-13/h8-10,12,15H,4-7H2,1-3H3,(H,16,19)(H,17,18)/t9-,10?,12-/m0/s1. The Morgan fingerprint density at radius 3 is 3.05 bits per heavy atom. The topological polar surface area (TPSA) is 69.8 Å². The van der Waals surface area contributed by atoms with Crippen molar-refractivity contribution in [3.63, 3.8) is 0 Å². The van der Waals surface area contributed by atoms with E-state index < -0.39 is 0 Å². The third-order valence-corrected chi connectivity index (χ3v) is 3.66. The lowest BCUT2D eigenvalue weighted by Gasteiger charge is -2.28. The summed E-state index contributed by atoms with van der Waals surface area (Å²) in [6.07, 6.45) is 2.64. The van der Waals surface area contributed by atoms with Crippen LogP contribution >= 0.6 is 0 Å². The van der Waals surface area contributed by atoms with Crippen LogP contribution in [0.25, 0.3) is 0 Å². The number of aromatic amines is 1. The van der Waals surface area contributed by atoms with Crippen LogP contribution in [0.4, 0.5) is 0 Å². The number of piperidine rings is 1. The first kappa shape index (κ1) is 14.1. The van der Waals surface area contributed by atoms with E-state index in [9.17, 15) is 4.79 Å². The molecule has 3 N–H and O–H groups in total. The van der Waals surface area contributed by atoms with Crippen LogP contribution in [0.5, 0.6) is 0 Å². The predicted octanol–water partition coefficient (Wildman–Crippen LogP) is 1.15. The Hall–Kier alpha value is -1.36. The van der Waals surface area contributed by atoms with Gasteiger partial charge in [0.05, 0.1) is 5.69 Å². The molecule has 1 saturated heterocycles. The summed E-state index contributed by atoms with van der Waals surface area (Å²) < 4.78 is 0.